The van der Waals surface area contributed by atoms with Crippen molar-refractivity contribution in [3.05, 3.63) is 40.7 Å². The zero-order valence-electron chi connectivity index (χ0n) is 19.0. The predicted molar refractivity (Wildman–Crippen MR) is 126 cm³/mol. The molecule has 2 aliphatic heterocycles. The molecule has 1 saturated carbocycles. The number of likely N-dealkylation sites (tertiary alicyclic amines) is 1. The van der Waals surface area contributed by atoms with Gasteiger partial charge in [0.1, 0.15) is 6.04 Å². The molecule has 8 nitrogen and oxygen atoms in total. The van der Waals surface area contributed by atoms with Crippen molar-refractivity contribution < 1.29 is 18.0 Å². The Bertz CT molecular complexity index is 1070. The summed E-state index contributed by atoms with van der Waals surface area (Å²) in [5, 5.41) is 6.04. The van der Waals surface area contributed by atoms with Crippen LogP contribution in [0.15, 0.2) is 29.4 Å². The number of aryl methyl sites for hydroxylation is 2. The highest BCUT2D eigenvalue weighted by atomic mass is 35.5. The lowest BCUT2D eigenvalue weighted by atomic mass is 10.1. The van der Waals surface area contributed by atoms with Crippen LogP contribution in [0.1, 0.15) is 49.7 Å². The summed E-state index contributed by atoms with van der Waals surface area (Å²) in [7, 11) is -4.07. The Hall–Kier alpha value is -2.10. The maximum absolute atomic E-state index is 13.5. The molecule has 1 aromatic carbocycles. The molecule has 4 rings (SSSR count). The van der Waals surface area contributed by atoms with E-state index >= 15 is 0 Å². The smallest absolute Gasteiger partial charge is 0.264 e. The standard InChI is InChI=1S/C23H31ClN4O4S/c1-15-13-21(16(2)12-19(15)24)33(31,32)28-11-8-25-23(30)20(28)14-22(29)26-17-4-3-9-27(10-7-17)18-5-6-18/h8,11-13,17-18,20H,3-7,9-10,14H2,1-2H3,(H,25,30)(H,26,29)/t17?,20-/m1/s1. The van der Waals surface area contributed by atoms with E-state index in [2.05, 4.69) is 15.5 Å². The van der Waals surface area contributed by atoms with Gasteiger partial charge in [0.05, 0.1) is 11.3 Å². The van der Waals surface area contributed by atoms with E-state index in [9.17, 15) is 18.0 Å². The molecule has 3 aliphatic rings. The van der Waals surface area contributed by atoms with Crippen molar-refractivity contribution in [2.75, 3.05) is 13.1 Å². The number of hydrogen-bond acceptors (Lipinski definition) is 5. The molecule has 10 heteroatoms. The lowest BCUT2D eigenvalue weighted by Gasteiger charge is -2.32. The Balaban J connectivity index is 1.47. The summed E-state index contributed by atoms with van der Waals surface area (Å²) in [6, 6.07) is 2.67. The SMILES string of the molecule is Cc1cc(S(=O)(=O)N2C=CNC(=O)[C@H]2CC(=O)NC2CCCN(C3CC3)CC2)c(C)cc1Cl. The molecular weight excluding hydrogens is 464 g/mol. The number of hydrogen-bond donors (Lipinski definition) is 2. The van der Waals surface area contributed by atoms with E-state index in [1.807, 2.05) is 0 Å². The number of halogens is 1. The second kappa shape index (κ2) is 9.64. The summed E-state index contributed by atoms with van der Waals surface area (Å²) < 4.78 is 27.9. The molecule has 0 radical (unpaired) electrons. The number of sulfonamides is 1. The summed E-state index contributed by atoms with van der Waals surface area (Å²) in [4.78, 5) is 28.1. The number of carbonyl (C=O) groups excluding carboxylic acids is 2. The van der Waals surface area contributed by atoms with Gasteiger partial charge in [-0.05, 0) is 75.8 Å². The molecule has 1 unspecified atom stereocenters. The summed E-state index contributed by atoms with van der Waals surface area (Å²) in [5.41, 5.74) is 1.10. The Morgan fingerprint density at radius 2 is 1.91 bits per heavy atom. The van der Waals surface area contributed by atoms with Gasteiger partial charge in [0, 0.05) is 36.1 Å². The second-order valence-corrected chi connectivity index (χ2v) is 11.4. The van der Waals surface area contributed by atoms with Crippen LogP contribution in [0.2, 0.25) is 5.02 Å². The number of nitrogens with one attached hydrogen (secondary N) is 2. The Labute approximate surface area is 200 Å². The van der Waals surface area contributed by atoms with Crippen LogP contribution in [0.25, 0.3) is 0 Å². The van der Waals surface area contributed by atoms with E-state index in [0.717, 1.165) is 36.7 Å². The van der Waals surface area contributed by atoms with Crippen LogP contribution >= 0.6 is 11.6 Å². The number of benzene rings is 1. The largest absolute Gasteiger partial charge is 0.353 e. The molecule has 2 atom stereocenters. The van der Waals surface area contributed by atoms with Crippen LogP contribution in [0.4, 0.5) is 0 Å². The molecule has 1 aliphatic carbocycles. The summed E-state index contributed by atoms with van der Waals surface area (Å²) >= 11 is 6.13. The maximum Gasteiger partial charge on any atom is 0.264 e. The first-order valence-electron chi connectivity index (χ1n) is 11.5. The lowest BCUT2D eigenvalue weighted by Crippen LogP contribution is -2.51. The first-order chi connectivity index (χ1) is 15.7. The van der Waals surface area contributed by atoms with Gasteiger partial charge < -0.3 is 15.5 Å². The van der Waals surface area contributed by atoms with Gasteiger partial charge in [0.25, 0.3) is 10.0 Å². The molecule has 33 heavy (non-hydrogen) atoms. The van der Waals surface area contributed by atoms with E-state index in [-0.39, 0.29) is 23.3 Å². The van der Waals surface area contributed by atoms with Crippen LogP contribution in [0.5, 0.6) is 0 Å². The fourth-order valence-corrected chi connectivity index (χ4v) is 6.58. The molecule has 0 aromatic heterocycles. The normalized spacial score (nSPS) is 24.3. The number of amides is 2. The number of rotatable bonds is 6. The average molecular weight is 495 g/mol. The molecule has 2 amide bonds. The maximum atomic E-state index is 13.5. The van der Waals surface area contributed by atoms with Crippen LogP contribution in [-0.2, 0) is 19.6 Å². The van der Waals surface area contributed by atoms with Crippen molar-refractivity contribution in [3.63, 3.8) is 0 Å². The third-order valence-electron chi connectivity index (χ3n) is 6.64. The summed E-state index contributed by atoms with van der Waals surface area (Å²) in [6.07, 6.45) is 7.63. The number of nitrogens with zero attached hydrogens (tertiary/aromatic N) is 2. The van der Waals surface area contributed by atoms with Gasteiger partial charge in [-0.3, -0.25) is 13.9 Å². The van der Waals surface area contributed by atoms with Crippen LogP contribution < -0.4 is 10.6 Å². The van der Waals surface area contributed by atoms with Crippen molar-refractivity contribution in [2.24, 2.45) is 0 Å². The van der Waals surface area contributed by atoms with Crippen LogP contribution in [-0.4, -0.2) is 60.7 Å². The van der Waals surface area contributed by atoms with E-state index in [1.165, 1.54) is 31.3 Å². The zero-order chi connectivity index (χ0) is 23.8. The highest BCUT2D eigenvalue weighted by Crippen LogP contribution is 2.30. The third kappa shape index (κ3) is 5.36. The van der Waals surface area contributed by atoms with E-state index in [1.54, 1.807) is 19.9 Å². The van der Waals surface area contributed by atoms with Gasteiger partial charge in [-0.25, -0.2) is 8.42 Å². The van der Waals surface area contributed by atoms with Crippen molar-refractivity contribution >= 4 is 33.4 Å². The Morgan fingerprint density at radius 1 is 1.15 bits per heavy atom. The van der Waals surface area contributed by atoms with Gasteiger partial charge in [0.2, 0.25) is 11.8 Å². The van der Waals surface area contributed by atoms with Crippen molar-refractivity contribution in [1.82, 2.24) is 19.8 Å². The monoisotopic (exact) mass is 494 g/mol. The first-order valence-corrected chi connectivity index (χ1v) is 13.3. The molecule has 180 valence electrons. The molecule has 0 bridgehead atoms. The predicted octanol–water partition coefficient (Wildman–Crippen LogP) is 2.44. The highest BCUT2D eigenvalue weighted by molar-refractivity contribution is 7.89. The first kappa shape index (κ1) is 24.0. The molecule has 1 saturated heterocycles. The zero-order valence-corrected chi connectivity index (χ0v) is 20.6. The molecule has 2 N–H and O–H groups in total. The molecule has 0 spiro atoms. The topological polar surface area (TPSA) is 98.8 Å². The van der Waals surface area contributed by atoms with Crippen molar-refractivity contribution in [2.45, 2.75) is 75.4 Å². The fraction of sp³-hybridized carbons (Fsp3) is 0.565. The van der Waals surface area contributed by atoms with Gasteiger partial charge in [0.15, 0.2) is 0 Å². The van der Waals surface area contributed by atoms with Crippen LogP contribution in [0.3, 0.4) is 0 Å². The second-order valence-electron chi connectivity index (χ2n) is 9.21. The van der Waals surface area contributed by atoms with Gasteiger partial charge in [-0.15, -0.1) is 0 Å². The minimum Gasteiger partial charge on any atom is -0.353 e. The lowest BCUT2D eigenvalue weighted by molar-refractivity contribution is -0.129. The third-order valence-corrected chi connectivity index (χ3v) is 8.97. The van der Waals surface area contributed by atoms with E-state index in [4.69, 9.17) is 11.6 Å². The van der Waals surface area contributed by atoms with Crippen LogP contribution in [0, 0.1) is 13.8 Å². The quantitative estimate of drug-likeness (QED) is 0.633. The van der Waals surface area contributed by atoms with Crippen molar-refractivity contribution in [1.29, 1.82) is 0 Å². The molecule has 1 aromatic rings. The fourth-order valence-electron chi connectivity index (χ4n) is 4.61. The minimum atomic E-state index is -4.07. The van der Waals surface area contributed by atoms with Gasteiger partial charge in [-0.1, -0.05) is 11.6 Å². The van der Waals surface area contributed by atoms with Gasteiger partial charge in [-0.2, -0.15) is 0 Å². The molecule has 2 fully saturated rings. The minimum absolute atomic E-state index is 0.0367. The summed E-state index contributed by atoms with van der Waals surface area (Å²) in [5.74, 6) is -0.847. The molecular formula is C23H31ClN4O4S. The van der Waals surface area contributed by atoms with E-state index < -0.39 is 22.0 Å². The average Bonchev–Trinajstić information content (AvgIpc) is 3.59. The summed E-state index contributed by atoms with van der Waals surface area (Å²) in [6.45, 7) is 5.39. The van der Waals surface area contributed by atoms with Gasteiger partial charge >= 0.3 is 0 Å². The molecule has 2 heterocycles. The Kier molecular flexibility index (Phi) is 7.02. The number of carbonyl (C=O) groups is 2. The van der Waals surface area contributed by atoms with Crippen molar-refractivity contribution in [3.8, 4) is 0 Å². The Morgan fingerprint density at radius 3 is 2.64 bits per heavy atom. The van der Waals surface area contributed by atoms with E-state index in [0.29, 0.717) is 22.2 Å². The highest BCUT2D eigenvalue weighted by Gasteiger charge is 2.38.